The number of aromatic nitrogens is 2. The average Bonchev–Trinajstić information content (AvgIpc) is 3.11. The van der Waals surface area contributed by atoms with E-state index >= 15 is 0 Å². The molecule has 0 saturated heterocycles. The minimum Gasteiger partial charge on any atom is -0.329 e. The molecule has 0 fully saturated rings. The summed E-state index contributed by atoms with van der Waals surface area (Å²) in [5.41, 5.74) is 10.3. The monoisotopic (exact) mass is 339 g/mol. The summed E-state index contributed by atoms with van der Waals surface area (Å²) in [6.07, 6.45) is 5.52. The lowest BCUT2D eigenvalue weighted by Crippen LogP contribution is -2.27. The summed E-state index contributed by atoms with van der Waals surface area (Å²) in [6.45, 7) is 3.90. The van der Waals surface area contributed by atoms with Gasteiger partial charge in [-0.3, -0.25) is 9.13 Å². The van der Waals surface area contributed by atoms with Gasteiger partial charge in [-0.05, 0) is 47.1 Å². The number of thiophene rings is 1. The fraction of sp³-hybridized carbons (Fsp3) is 0.316. The van der Waals surface area contributed by atoms with Gasteiger partial charge in [-0.1, -0.05) is 25.1 Å². The summed E-state index contributed by atoms with van der Waals surface area (Å²) in [4.78, 5) is 14.2. The predicted molar refractivity (Wildman–Crippen MR) is 101 cm³/mol. The molecular formula is C19H21N3OS. The highest BCUT2D eigenvalue weighted by molar-refractivity contribution is 7.11. The van der Waals surface area contributed by atoms with E-state index in [1.807, 2.05) is 28.8 Å². The van der Waals surface area contributed by atoms with E-state index in [2.05, 4.69) is 24.5 Å². The van der Waals surface area contributed by atoms with Gasteiger partial charge in [0.05, 0.1) is 17.6 Å². The number of nitrogens with two attached hydrogens (primary N) is 1. The number of para-hydroxylation sites is 2. The molecule has 0 spiro atoms. The number of hydrogen-bond donors (Lipinski definition) is 1. The Morgan fingerprint density at radius 2 is 2.00 bits per heavy atom. The van der Waals surface area contributed by atoms with Crippen molar-refractivity contribution in [1.82, 2.24) is 9.13 Å². The van der Waals surface area contributed by atoms with Crippen LogP contribution in [0.15, 0.2) is 40.5 Å². The molecule has 1 aliphatic carbocycles. The second-order valence-electron chi connectivity index (χ2n) is 6.38. The van der Waals surface area contributed by atoms with Crippen LogP contribution in [0.3, 0.4) is 0 Å². The zero-order valence-electron chi connectivity index (χ0n) is 13.7. The van der Waals surface area contributed by atoms with Crippen LogP contribution >= 0.6 is 11.3 Å². The molecule has 0 amide bonds. The lowest BCUT2D eigenvalue weighted by Gasteiger charge is -2.16. The largest absolute Gasteiger partial charge is 0.329 e. The third kappa shape index (κ3) is 2.36. The maximum absolute atomic E-state index is 12.9. The lowest BCUT2D eigenvalue weighted by molar-refractivity contribution is 0.652. The minimum absolute atomic E-state index is 0.0283. The summed E-state index contributed by atoms with van der Waals surface area (Å²) in [6, 6.07) is 7.97. The van der Waals surface area contributed by atoms with Gasteiger partial charge in [0.1, 0.15) is 0 Å². The summed E-state index contributed by atoms with van der Waals surface area (Å²) in [5, 5.41) is 2.21. The van der Waals surface area contributed by atoms with Gasteiger partial charge in [0.15, 0.2) is 0 Å². The molecule has 4 rings (SSSR count). The summed E-state index contributed by atoms with van der Waals surface area (Å²) >= 11 is 1.77. The normalized spacial score (nSPS) is 16.7. The fourth-order valence-corrected chi connectivity index (χ4v) is 4.77. The minimum atomic E-state index is 0.0283. The zero-order chi connectivity index (χ0) is 16.7. The number of hydrogen-bond acceptors (Lipinski definition) is 3. The number of imidazole rings is 1. The van der Waals surface area contributed by atoms with Crippen LogP contribution in [0, 0.1) is 0 Å². The van der Waals surface area contributed by atoms with Gasteiger partial charge in [-0.25, -0.2) is 4.79 Å². The van der Waals surface area contributed by atoms with E-state index in [1.165, 1.54) is 16.0 Å². The number of allylic oxidation sites excluding steroid dienone is 1. The van der Waals surface area contributed by atoms with Crippen molar-refractivity contribution in [3.05, 3.63) is 62.2 Å². The number of fused-ring (bicyclic) bond motifs is 2. The molecule has 1 unspecified atom stereocenters. The SMILES string of the molecule is CC1CC=Cc2scc(Cn3c(=O)n(CCN)c4ccccc43)c21. The van der Waals surface area contributed by atoms with E-state index in [0.717, 1.165) is 17.5 Å². The molecule has 4 nitrogen and oxygen atoms in total. The van der Waals surface area contributed by atoms with Crippen LogP contribution in [-0.2, 0) is 13.1 Å². The highest BCUT2D eigenvalue weighted by atomic mass is 32.1. The van der Waals surface area contributed by atoms with Crippen LogP contribution in [0.2, 0.25) is 0 Å². The van der Waals surface area contributed by atoms with E-state index in [4.69, 9.17) is 5.73 Å². The first-order valence-corrected chi connectivity index (χ1v) is 9.23. The maximum atomic E-state index is 12.9. The van der Waals surface area contributed by atoms with Gasteiger partial charge < -0.3 is 5.73 Å². The molecule has 0 aliphatic heterocycles. The quantitative estimate of drug-likeness (QED) is 0.792. The second-order valence-corrected chi connectivity index (χ2v) is 7.29. The van der Waals surface area contributed by atoms with Crippen molar-refractivity contribution >= 4 is 28.4 Å². The molecule has 24 heavy (non-hydrogen) atoms. The molecular weight excluding hydrogens is 318 g/mol. The summed E-state index contributed by atoms with van der Waals surface area (Å²) < 4.78 is 3.68. The van der Waals surface area contributed by atoms with Gasteiger partial charge in [-0.15, -0.1) is 11.3 Å². The highest BCUT2D eigenvalue weighted by Crippen LogP contribution is 2.36. The first-order valence-electron chi connectivity index (χ1n) is 8.35. The number of rotatable bonds is 4. The van der Waals surface area contributed by atoms with Crippen LogP contribution in [-0.4, -0.2) is 15.7 Å². The Kier molecular flexibility index (Phi) is 3.90. The zero-order valence-corrected chi connectivity index (χ0v) is 14.6. The first-order chi connectivity index (χ1) is 11.7. The lowest BCUT2D eigenvalue weighted by atomic mass is 9.90. The molecule has 2 heterocycles. The molecule has 0 bridgehead atoms. The highest BCUT2D eigenvalue weighted by Gasteiger charge is 2.20. The van der Waals surface area contributed by atoms with Crippen molar-refractivity contribution in [3.63, 3.8) is 0 Å². The van der Waals surface area contributed by atoms with E-state index in [1.54, 1.807) is 15.9 Å². The average molecular weight is 339 g/mol. The summed E-state index contributed by atoms with van der Waals surface area (Å²) in [7, 11) is 0. The van der Waals surface area contributed by atoms with E-state index in [9.17, 15) is 4.79 Å². The van der Waals surface area contributed by atoms with Crippen molar-refractivity contribution in [1.29, 1.82) is 0 Å². The Morgan fingerprint density at radius 1 is 1.25 bits per heavy atom. The molecule has 3 aromatic rings. The molecule has 2 N–H and O–H groups in total. The van der Waals surface area contributed by atoms with Gasteiger partial charge in [-0.2, -0.15) is 0 Å². The van der Waals surface area contributed by atoms with Crippen LogP contribution in [0.25, 0.3) is 17.1 Å². The number of nitrogens with zero attached hydrogens (tertiary/aromatic N) is 2. The van der Waals surface area contributed by atoms with Crippen LogP contribution in [0.5, 0.6) is 0 Å². The first kappa shape index (κ1) is 15.4. The van der Waals surface area contributed by atoms with E-state index in [0.29, 0.717) is 25.6 Å². The Bertz CT molecular complexity index is 976. The molecule has 1 aromatic carbocycles. The fourth-order valence-electron chi connectivity index (χ4n) is 3.67. The maximum Gasteiger partial charge on any atom is 0.329 e. The third-order valence-electron chi connectivity index (χ3n) is 4.80. The molecule has 0 radical (unpaired) electrons. The molecule has 1 atom stereocenters. The topological polar surface area (TPSA) is 53.0 Å². The second kappa shape index (κ2) is 6.07. The van der Waals surface area contributed by atoms with Crippen LogP contribution in [0.4, 0.5) is 0 Å². The van der Waals surface area contributed by atoms with Crippen molar-refractivity contribution in [2.75, 3.05) is 6.54 Å². The van der Waals surface area contributed by atoms with Crippen molar-refractivity contribution in [3.8, 4) is 0 Å². The standard InChI is InChI=1S/C19H21N3OS/c1-13-5-4-8-17-18(13)14(12-24-17)11-22-16-7-3-2-6-15(16)21(10-9-20)19(22)23/h2-4,6-8,12-13H,5,9-11,20H2,1H3. The van der Waals surface area contributed by atoms with Crippen molar-refractivity contribution in [2.45, 2.75) is 32.4 Å². The van der Waals surface area contributed by atoms with Gasteiger partial charge in [0, 0.05) is 18.0 Å². The molecule has 5 heteroatoms. The molecule has 1 aliphatic rings. The van der Waals surface area contributed by atoms with E-state index in [-0.39, 0.29) is 5.69 Å². The van der Waals surface area contributed by atoms with Gasteiger partial charge in [0.25, 0.3) is 0 Å². The third-order valence-corrected chi connectivity index (χ3v) is 5.81. The van der Waals surface area contributed by atoms with E-state index < -0.39 is 0 Å². The smallest absolute Gasteiger partial charge is 0.329 e. The molecule has 0 saturated carbocycles. The summed E-state index contributed by atoms with van der Waals surface area (Å²) in [5.74, 6) is 0.513. The Morgan fingerprint density at radius 3 is 2.75 bits per heavy atom. The van der Waals surface area contributed by atoms with Crippen LogP contribution in [0.1, 0.15) is 35.3 Å². The van der Waals surface area contributed by atoms with Crippen LogP contribution < -0.4 is 11.4 Å². The van der Waals surface area contributed by atoms with Gasteiger partial charge >= 0.3 is 5.69 Å². The van der Waals surface area contributed by atoms with Crippen molar-refractivity contribution in [2.24, 2.45) is 5.73 Å². The Balaban J connectivity index is 1.84. The molecule has 2 aromatic heterocycles. The van der Waals surface area contributed by atoms with Gasteiger partial charge in [0.2, 0.25) is 0 Å². The Labute approximate surface area is 144 Å². The molecule has 124 valence electrons. The van der Waals surface area contributed by atoms with Crippen molar-refractivity contribution < 1.29 is 0 Å². The predicted octanol–water partition coefficient (Wildman–Crippen LogP) is 3.39. The Hall–Kier alpha value is -2.11. The number of benzene rings is 1.